The minimum absolute atomic E-state index is 0.290. The van der Waals surface area contributed by atoms with Gasteiger partial charge >= 0.3 is 0 Å². The van der Waals surface area contributed by atoms with Crippen molar-refractivity contribution in [1.29, 1.82) is 0 Å². The molecule has 1 aromatic rings. The van der Waals surface area contributed by atoms with E-state index in [0.29, 0.717) is 5.15 Å². The van der Waals surface area contributed by atoms with Crippen LogP contribution in [-0.4, -0.2) is 24.2 Å². The van der Waals surface area contributed by atoms with Crippen molar-refractivity contribution in [3.63, 3.8) is 0 Å². The molecule has 13 heavy (non-hydrogen) atoms. The molecule has 1 aromatic heterocycles. The largest absolute Gasteiger partial charge is 0.488 e. The summed E-state index contributed by atoms with van der Waals surface area (Å²) in [4.78, 5) is 4.06. The van der Waals surface area contributed by atoms with Gasteiger partial charge in [0, 0.05) is 30.9 Å². The molecule has 0 atom stereocenters. The van der Waals surface area contributed by atoms with E-state index in [4.69, 9.17) is 16.3 Å². The topological polar surface area (TPSA) is 34.1 Å². The summed E-state index contributed by atoms with van der Waals surface area (Å²) in [5, 5.41) is 3.63. The van der Waals surface area contributed by atoms with Gasteiger partial charge in [0.1, 0.15) is 17.0 Å². The predicted molar refractivity (Wildman–Crippen MR) is 51.3 cm³/mol. The summed E-state index contributed by atoms with van der Waals surface area (Å²) in [6, 6.07) is 3.64. The van der Waals surface area contributed by atoms with Crippen LogP contribution in [0.25, 0.3) is 0 Å². The number of aromatic nitrogens is 1. The summed E-state index contributed by atoms with van der Waals surface area (Å²) in [5.41, 5.74) is 0.884. The van der Waals surface area contributed by atoms with Crippen molar-refractivity contribution in [1.82, 2.24) is 10.3 Å². The SMILES string of the molecule is Cc1cc(OC2CNC2)cc(Cl)n1. The van der Waals surface area contributed by atoms with Gasteiger partial charge in [-0.1, -0.05) is 11.6 Å². The van der Waals surface area contributed by atoms with Crippen LogP contribution >= 0.6 is 11.6 Å². The van der Waals surface area contributed by atoms with Crippen LogP contribution in [0.1, 0.15) is 5.69 Å². The van der Waals surface area contributed by atoms with Crippen molar-refractivity contribution in [3.05, 3.63) is 23.0 Å². The number of nitrogens with zero attached hydrogens (tertiary/aromatic N) is 1. The lowest BCUT2D eigenvalue weighted by Crippen LogP contribution is -2.50. The van der Waals surface area contributed by atoms with Gasteiger partial charge in [0.2, 0.25) is 0 Å². The lowest BCUT2D eigenvalue weighted by molar-refractivity contribution is 0.142. The second-order valence-corrected chi connectivity index (χ2v) is 3.55. The molecular weight excluding hydrogens is 188 g/mol. The van der Waals surface area contributed by atoms with E-state index in [9.17, 15) is 0 Å². The van der Waals surface area contributed by atoms with Gasteiger partial charge < -0.3 is 10.1 Å². The third-order valence-corrected chi connectivity index (χ3v) is 2.14. The Morgan fingerprint density at radius 3 is 2.85 bits per heavy atom. The first kappa shape index (κ1) is 8.78. The van der Waals surface area contributed by atoms with E-state index < -0.39 is 0 Å². The van der Waals surface area contributed by atoms with Crippen LogP contribution in [0.3, 0.4) is 0 Å². The van der Waals surface area contributed by atoms with Gasteiger partial charge in [-0.25, -0.2) is 4.98 Å². The molecule has 0 bridgehead atoms. The number of ether oxygens (including phenoxy) is 1. The Morgan fingerprint density at radius 2 is 2.31 bits per heavy atom. The van der Waals surface area contributed by atoms with Gasteiger partial charge in [-0.15, -0.1) is 0 Å². The fourth-order valence-electron chi connectivity index (χ4n) is 1.20. The van der Waals surface area contributed by atoms with E-state index in [1.54, 1.807) is 6.07 Å². The van der Waals surface area contributed by atoms with Crippen LogP contribution in [0.5, 0.6) is 5.75 Å². The van der Waals surface area contributed by atoms with E-state index in [-0.39, 0.29) is 6.10 Å². The van der Waals surface area contributed by atoms with Gasteiger partial charge in [-0.3, -0.25) is 0 Å². The monoisotopic (exact) mass is 198 g/mol. The Morgan fingerprint density at radius 1 is 1.54 bits per heavy atom. The third kappa shape index (κ3) is 2.11. The van der Waals surface area contributed by atoms with Gasteiger partial charge in [-0.2, -0.15) is 0 Å². The fraction of sp³-hybridized carbons (Fsp3) is 0.444. The molecule has 3 nitrogen and oxygen atoms in total. The van der Waals surface area contributed by atoms with Gasteiger partial charge in [0.15, 0.2) is 0 Å². The molecule has 70 valence electrons. The molecule has 0 saturated carbocycles. The lowest BCUT2D eigenvalue weighted by atomic mass is 10.2. The smallest absolute Gasteiger partial charge is 0.133 e. The molecule has 1 N–H and O–H groups in total. The van der Waals surface area contributed by atoms with Gasteiger partial charge in [-0.05, 0) is 6.92 Å². The normalized spacial score (nSPS) is 16.8. The van der Waals surface area contributed by atoms with E-state index in [1.807, 2.05) is 13.0 Å². The number of rotatable bonds is 2. The molecule has 0 radical (unpaired) electrons. The predicted octanol–water partition coefficient (Wildman–Crippen LogP) is 1.39. The van der Waals surface area contributed by atoms with E-state index >= 15 is 0 Å². The first-order chi connectivity index (χ1) is 6.24. The summed E-state index contributed by atoms with van der Waals surface area (Å²) < 4.78 is 5.62. The standard InChI is InChI=1S/C9H11ClN2O/c1-6-2-7(3-9(10)12-6)13-8-4-11-5-8/h2-3,8,11H,4-5H2,1H3. The highest BCUT2D eigenvalue weighted by atomic mass is 35.5. The van der Waals surface area contributed by atoms with Crippen LogP contribution < -0.4 is 10.1 Å². The number of nitrogens with one attached hydrogen (secondary N) is 1. The molecule has 1 saturated heterocycles. The zero-order chi connectivity index (χ0) is 9.26. The number of pyridine rings is 1. The molecule has 0 spiro atoms. The van der Waals surface area contributed by atoms with Crippen LogP contribution in [0.4, 0.5) is 0 Å². The quantitative estimate of drug-likeness (QED) is 0.730. The summed E-state index contributed by atoms with van der Waals surface area (Å²) >= 11 is 5.79. The maximum atomic E-state index is 5.79. The molecule has 1 aliphatic heterocycles. The summed E-state index contributed by atoms with van der Waals surface area (Å²) in [7, 11) is 0. The van der Waals surface area contributed by atoms with E-state index in [2.05, 4.69) is 10.3 Å². The third-order valence-electron chi connectivity index (χ3n) is 1.94. The van der Waals surface area contributed by atoms with Crippen molar-refractivity contribution >= 4 is 11.6 Å². The lowest BCUT2D eigenvalue weighted by Gasteiger charge is -2.27. The Hall–Kier alpha value is -0.800. The average Bonchev–Trinajstić information content (AvgIpc) is 1.95. The zero-order valence-corrected chi connectivity index (χ0v) is 8.14. The van der Waals surface area contributed by atoms with Crippen LogP contribution in [0, 0.1) is 6.92 Å². The fourth-order valence-corrected chi connectivity index (χ4v) is 1.44. The van der Waals surface area contributed by atoms with Crippen LogP contribution in [0.2, 0.25) is 5.15 Å². The van der Waals surface area contributed by atoms with Gasteiger partial charge in [0.05, 0.1) is 0 Å². The minimum Gasteiger partial charge on any atom is -0.488 e. The van der Waals surface area contributed by atoms with Crippen LogP contribution in [-0.2, 0) is 0 Å². The molecule has 0 amide bonds. The van der Waals surface area contributed by atoms with Crippen molar-refractivity contribution in [3.8, 4) is 5.75 Å². The summed E-state index contributed by atoms with van der Waals surface area (Å²) in [6.45, 7) is 3.73. The van der Waals surface area contributed by atoms with Crippen molar-refractivity contribution in [2.45, 2.75) is 13.0 Å². The second kappa shape index (κ2) is 3.52. The molecule has 2 heterocycles. The molecule has 0 aromatic carbocycles. The Bertz CT molecular complexity index is 292. The van der Waals surface area contributed by atoms with E-state index in [0.717, 1.165) is 24.5 Å². The number of halogens is 1. The minimum atomic E-state index is 0.290. The maximum Gasteiger partial charge on any atom is 0.133 e. The first-order valence-corrected chi connectivity index (χ1v) is 4.63. The molecule has 1 fully saturated rings. The van der Waals surface area contributed by atoms with Crippen molar-refractivity contribution in [2.24, 2.45) is 0 Å². The zero-order valence-electron chi connectivity index (χ0n) is 7.38. The molecule has 0 unspecified atom stereocenters. The number of aryl methyl sites for hydroxylation is 1. The number of hydrogen-bond acceptors (Lipinski definition) is 3. The molecule has 4 heteroatoms. The molecule has 2 rings (SSSR count). The highest BCUT2D eigenvalue weighted by molar-refractivity contribution is 6.29. The Kier molecular flexibility index (Phi) is 2.38. The maximum absolute atomic E-state index is 5.79. The molecule has 0 aliphatic carbocycles. The highest BCUT2D eigenvalue weighted by Gasteiger charge is 2.18. The highest BCUT2D eigenvalue weighted by Crippen LogP contribution is 2.19. The summed E-state index contributed by atoms with van der Waals surface area (Å²) in [5.74, 6) is 0.809. The summed E-state index contributed by atoms with van der Waals surface area (Å²) in [6.07, 6.45) is 0.290. The molecular formula is C9H11ClN2O. The van der Waals surface area contributed by atoms with Gasteiger partial charge in [0.25, 0.3) is 0 Å². The average molecular weight is 199 g/mol. The number of hydrogen-bond donors (Lipinski definition) is 1. The second-order valence-electron chi connectivity index (χ2n) is 3.17. The Balaban J connectivity index is 2.10. The molecule has 1 aliphatic rings. The van der Waals surface area contributed by atoms with Crippen molar-refractivity contribution in [2.75, 3.05) is 13.1 Å². The van der Waals surface area contributed by atoms with Crippen LogP contribution in [0.15, 0.2) is 12.1 Å². The van der Waals surface area contributed by atoms with E-state index in [1.165, 1.54) is 0 Å². The first-order valence-electron chi connectivity index (χ1n) is 4.25. The van der Waals surface area contributed by atoms with Crippen molar-refractivity contribution < 1.29 is 4.74 Å². The Labute approximate surface area is 82.1 Å².